The molecule has 0 spiro atoms. The fourth-order valence-electron chi connectivity index (χ4n) is 5.08. The Balaban J connectivity index is 1.60. The average molecular weight is 477 g/mol. The first kappa shape index (κ1) is 23.9. The Morgan fingerprint density at radius 1 is 1.21 bits per heavy atom. The quantitative estimate of drug-likeness (QED) is 0.252. The van der Waals surface area contributed by atoms with Crippen molar-refractivity contribution in [2.24, 2.45) is 0 Å². The Morgan fingerprint density at radius 2 is 1.97 bits per heavy atom. The number of carboxylic acids is 2. The number of nitriles is 1. The SMILES string of the molecule is CCCCC(Sc1ccc(N2c3ccc(/C=C(\C#N)C(=O)O)cc3C3CCCC32)cc1)C(=O)O. The fourth-order valence-corrected chi connectivity index (χ4v) is 6.09. The maximum Gasteiger partial charge on any atom is 0.346 e. The third kappa shape index (κ3) is 4.83. The monoisotopic (exact) mass is 476 g/mol. The summed E-state index contributed by atoms with van der Waals surface area (Å²) in [6.07, 6.45) is 7.26. The predicted molar refractivity (Wildman–Crippen MR) is 133 cm³/mol. The number of hydrogen-bond donors (Lipinski definition) is 2. The Labute approximate surface area is 203 Å². The number of aliphatic carboxylic acids is 2. The van der Waals surface area contributed by atoms with Crippen LogP contribution in [0.25, 0.3) is 6.08 Å². The van der Waals surface area contributed by atoms with Crippen LogP contribution in [-0.2, 0) is 9.59 Å². The molecule has 0 amide bonds. The lowest BCUT2D eigenvalue weighted by Gasteiger charge is -2.27. The van der Waals surface area contributed by atoms with Crippen LogP contribution in [0.15, 0.2) is 52.9 Å². The van der Waals surface area contributed by atoms with E-state index in [1.54, 1.807) is 6.07 Å². The van der Waals surface area contributed by atoms with Gasteiger partial charge in [0.1, 0.15) is 16.9 Å². The number of benzene rings is 2. The zero-order valence-corrected chi connectivity index (χ0v) is 19.9. The molecule has 1 aliphatic carbocycles. The maximum atomic E-state index is 11.6. The van der Waals surface area contributed by atoms with Crippen LogP contribution in [-0.4, -0.2) is 33.4 Å². The van der Waals surface area contributed by atoms with Crippen LogP contribution in [0.2, 0.25) is 0 Å². The predicted octanol–water partition coefficient (Wildman–Crippen LogP) is 6.20. The van der Waals surface area contributed by atoms with Crippen molar-refractivity contribution < 1.29 is 19.8 Å². The second kappa shape index (κ2) is 10.4. The largest absolute Gasteiger partial charge is 0.480 e. The van der Waals surface area contributed by atoms with Crippen molar-refractivity contribution in [3.63, 3.8) is 0 Å². The zero-order chi connectivity index (χ0) is 24.2. The Bertz CT molecular complexity index is 1150. The molecule has 1 saturated carbocycles. The van der Waals surface area contributed by atoms with Gasteiger partial charge in [-0.05, 0) is 72.9 Å². The lowest BCUT2D eigenvalue weighted by molar-refractivity contribution is -0.136. The molecule has 1 fully saturated rings. The van der Waals surface area contributed by atoms with Crippen LogP contribution in [0.1, 0.15) is 62.5 Å². The summed E-state index contributed by atoms with van der Waals surface area (Å²) in [5, 5.41) is 27.4. The van der Waals surface area contributed by atoms with Crippen molar-refractivity contribution in [3.05, 3.63) is 59.2 Å². The molecule has 7 heteroatoms. The van der Waals surface area contributed by atoms with Crippen molar-refractivity contribution >= 4 is 41.2 Å². The van der Waals surface area contributed by atoms with E-state index in [0.29, 0.717) is 18.4 Å². The molecule has 4 rings (SSSR count). The topological polar surface area (TPSA) is 102 Å². The highest BCUT2D eigenvalue weighted by atomic mass is 32.2. The van der Waals surface area contributed by atoms with Crippen molar-refractivity contribution in [1.29, 1.82) is 5.26 Å². The maximum absolute atomic E-state index is 11.6. The number of anilines is 2. The lowest BCUT2D eigenvalue weighted by Crippen LogP contribution is -2.26. The molecule has 3 atom stereocenters. The molecule has 6 nitrogen and oxygen atoms in total. The summed E-state index contributed by atoms with van der Waals surface area (Å²) < 4.78 is 0. The van der Waals surface area contributed by atoms with Crippen molar-refractivity contribution in [2.75, 3.05) is 4.90 Å². The lowest BCUT2D eigenvalue weighted by atomic mass is 9.95. The minimum absolute atomic E-state index is 0.274. The van der Waals surface area contributed by atoms with E-state index < -0.39 is 17.2 Å². The number of unbranched alkanes of at least 4 members (excludes halogenated alkanes) is 1. The number of rotatable bonds is 9. The van der Waals surface area contributed by atoms with E-state index in [2.05, 4.69) is 24.0 Å². The van der Waals surface area contributed by atoms with E-state index in [-0.39, 0.29) is 5.57 Å². The van der Waals surface area contributed by atoms with Gasteiger partial charge in [0.15, 0.2) is 0 Å². The summed E-state index contributed by atoms with van der Waals surface area (Å²) in [7, 11) is 0. The van der Waals surface area contributed by atoms with E-state index in [9.17, 15) is 19.8 Å². The van der Waals surface area contributed by atoms with Crippen molar-refractivity contribution in [1.82, 2.24) is 0 Å². The first-order valence-electron chi connectivity index (χ1n) is 11.7. The van der Waals surface area contributed by atoms with E-state index in [0.717, 1.165) is 53.9 Å². The molecule has 0 aromatic heterocycles. The normalized spacial score (nSPS) is 19.9. The standard InChI is InChI=1S/C27H28N2O4S/c1-2-3-7-25(27(32)33)34-20-11-9-19(10-12-20)29-23-6-4-5-21(23)22-15-17(8-13-24(22)29)14-18(16-28)26(30)31/h8-15,21,23,25H,2-7H2,1H3,(H,30,31)(H,32,33)/b18-14+. The molecular weight excluding hydrogens is 448 g/mol. The van der Waals surface area contributed by atoms with Gasteiger partial charge in [-0.1, -0.05) is 32.3 Å². The minimum Gasteiger partial charge on any atom is -0.480 e. The number of thioether (sulfide) groups is 1. The number of nitrogens with zero attached hydrogens (tertiary/aromatic N) is 2. The third-order valence-electron chi connectivity index (χ3n) is 6.67. The molecule has 2 N–H and O–H groups in total. The van der Waals surface area contributed by atoms with Gasteiger partial charge in [-0.15, -0.1) is 11.8 Å². The average Bonchev–Trinajstić information content (AvgIpc) is 3.41. The number of fused-ring (bicyclic) bond motifs is 3. The second-order valence-electron chi connectivity index (χ2n) is 8.85. The van der Waals surface area contributed by atoms with Crippen molar-refractivity contribution in [3.8, 4) is 6.07 Å². The van der Waals surface area contributed by atoms with Gasteiger partial charge in [0.2, 0.25) is 0 Å². The molecule has 176 valence electrons. The molecule has 34 heavy (non-hydrogen) atoms. The van der Waals surface area contributed by atoms with Gasteiger partial charge in [0, 0.05) is 28.2 Å². The first-order valence-corrected chi connectivity index (χ1v) is 12.6. The molecule has 1 aliphatic heterocycles. The molecule has 0 saturated heterocycles. The third-order valence-corrected chi connectivity index (χ3v) is 7.94. The van der Waals surface area contributed by atoms with E-state index in [1.807, 2.05) is 30.3 Å². The van der Waals surface area contributed by atoms with Gasteiger partial charge in [-0.3, -0.25) is 4.79 Å². The minimum atomic E-state index is -1.22. The molecule has 0 bridgehead atoms. The Hall–Kier alpha value is -3.24. The molecular formula is C27H28N2O4S. The second-order valence-corrected chi connectivity index (χ2v) is 10.1. The highest BCUT2D eigenvalue weighted by molar-refractivity contribution is 8.00. The van der Waals surface area contributed by atoms with Gasteiger partial charge in [-0.2, -0.15) is 5.26 Å². The number of carbonyl (C=O) groups is 2. The van der Waals surface area contributed by atoms with Gasteiger partial charge in [0.25, 0.3) is 0 Å². The highest BCUT2D eigenvalue weighted by Gasteiger charge is 2.42. The van der Waals surface area contributed by atoms with E-state index in [1.165, 1.54) is 23.4 Å². The summed E-state index contributed by atoms with van der Waals surface area (Å²) in [5.74, 6) is -1.61. The Morgan fingerprint density at radius 3 is 2.62 bits per heavy atom. The van der Waals surface area contributed by atoms with Crippen LogP contribution < -0.4 is 4.90 Å². The summed E-state index contributed by atoms with van der Waals surface area (Å²) in [4.78, 5) is 26.2. The zero-order valence-electron chi connectivity index (χ0n) is 19.1. The van der Waals surface area contributed by atoms with Crippen LogP contribution in [0.4, 0.5) is 11.4 Å². The summed E-state index contributed by atoms with van der Waals surface area (Å²) in [6, 6.07) is 16.1. The fraction of sp³-hybridized carbons (Fsp3) is 0.370. The van der Waals surface area contributed by atoms with Crippen molar-refractivity contribution in [2.45, 2.75) is 67.6 Å². The summed E-state index contributed by atoms with van der Waals surface area (Å²) in [5.41, 5.74) is 3.84. The van der Waals surface area contributed by atoms with Crippen LogP contribution in [0.3, 0.4) is 0 Å². The van der Waals surface area contributed by atoms with E-state index in [4.69, 9.17) is 5.26 Å². The highest BCUT2D eigenvalue weighted by Crippen LogP contribution is 2.52. The number of hydrogen-bond acceptors (Lipinski definition) is 5. The summed E-state index contributed by atoms with van der Waals surface area (Å²) >= 11 is 1.41. The van der Waals surface area contributed by atoms with E-state index >= 15 is 0 Å². The van der Waals surface area contributed by atoms with Gasteiger partial charge in [0.05, 0.1) is 0 Å². The van der Waals surface area contributed by atoms with Gasteiger partial charge in [-0.25, -0.2) is 4.79 Å². The molecule has 2 aromatic rings. The van der Waals surface area contributed by atoms with Crippen LogP contribution in [0.5, 0.6) is 0 Å². The number of carboxylic acid groups (broad SMARTS) is 2. The van der Waals surface area contributed by atoms with Gasteiger partial charge >= 0.3 is 11.9 Å². The van der Waals surface area contributed by atoms with Crippen LogP contribution >= 0.6 is 11.8 Å². The molecule has 2 aromatic carbocycles. The van der Waals surface area contributed by atoms with Gasteiger partial charge < -0.3 is 15.1 Å². The molecule has 0 radical (unpaired) electrons. The molecule has 2 aliphatic rings. The molecule has 1 heterocycles. The first-order chi connectivity index (χ1) is 16.4. The smallest absolute Gasteiger partial charge is 0.346 e. The Kier molecular flexibility index (Phi) is 7.28. The van der Waals surface area contributed by atoms with Crippen LogP contribution in [0, 0.1) is 11.3 Å². The molecule has 3 unspecified atom stereocenters. The summed E-state index contributed by atoms with van der Waals surface area (Å²) in [6.45, 7) is 2.07.